The SMILES string of the molecule is CCOC(=O)/C=C1\SCC(=O)N1CCOC(=O)[C@H](Cc1ccccc1)NC(N)=O. The molecular weight excluding hydrogens is 398 g/mol. The third-order valence-corrected chi connectivity index (χ3v) is 4.91. The number of nitrogens with one attached hydrogen (secondary N) is 1. The molecule has 1 aliphatic rings. The summed E-state index contributed by atoms with van der Waals surface area (Å²) >= 11 is 1.21. The fourth-order valence-electron chi connectivity index (χ4n) is 2.61. The molecule has 0 spiro atoms. The first-order valence-corrected chi connectivity index (χ1v) is 9.97. The summed E-state index contributed by atoms with van der Waals surface area (Å²) in [6.45, 7) is 1.90. The van der Waals surface area contributed by atoms with E-state index in [2.05, 4.69) is 5.32 Å². The molecule has 0 bridgehead atoms. The van der Waals surface area contributed by atoms with Crippen molar-refractivity contribution in [3.8, 4) is 0 Å². The van der Waals surface area contributed by atoms with E-state index in [0.29, 0.717) is 5.03 Å². The number of thioether (sulfide) groups is 1. The maximum Gasteiger partial charge on any atom is 0.333 e. The highest BCUT2D eigenvalue weighted by Crippen LogP contribution is 2.28. The van der Waals surface area contributed by atoms with Crippen LogP contribution in [-0.4, -0.2) is 60.3 Å². The molecule has 1 aliphatic heterocycles. The summed E-state index contributed by atoms with van der Waals surface area (Å²) in [5.41, 5.74) is 5.98. The quantitative estimate of drug-likeness (QED) is 0.446. The first-order chi connectivity index (χ1) is 13.9. The molecule has 0 aromatic heterocycles. The monoisotopic (exact) mass is 421 g/mol. The molecule has 0 radical (unpaired) electrons. The molecule has 1 fully saturated rings. The fraction of sp³-hybridized carbons (Fsp3) is 0.368. The van der Waals surface area contributed by atoms with Crippen molar-refractivity contribution in [3.63, 3.8) is 0 Å². The first kappa shape index (κ1) is 22.3. The number of ether oxygens (including phenoxy) is 2. The lowest BCUT2D eigenvalue weighted by molar-refractivity contribution is -0.147. The van der Waals surface area contributed by atoms with Crippen LogP contribution in [0.4, 0.5) is 4.79 Å². The standard InChI is InChI=1S/C19H23N3O6S/c1-2-27-17(24)11-16-22(15(23)12-29-16)8-9-28-18(25)14(21-19(20)26)10-13-6-4-3-5-7-13/h3-7,11,14H,2,8-10,12H2,1H3,(H3,20,21,26)/b16-11-/t14-/m0/s1. The largest absolute Gasteiger partial charge is 0.463 e. The lowest BCUT2D eigenvalue weighted by Crippen LogP contribution is -2.46. The molecule has 1 aromatic rings. The highest BCUT2D eigenvalue weighted by molar-refractivity contribution is 8.04. The van der Waals surface area contributed by atoms with Crippen LogP contribution >= 0.6 is 11.8 Å². The van der Waals surface area contributed by atoms with Gasteiger partial charge in [-0.2, -0.15) is 0 Å². The van der Waals surface area contributed by atoms with Gasteiger partial charge in [-0.3, -0.25) is 4.79 Å². The van der Waals surface area contributed by atoms with Gasteiger partial charge in [0.05, 0.1) is 30.0 Å². The van der Waals surface area contributed by atoms with Crippen molar-refractivity contribution in [1.82, 2.24) is 10.2 Å². The number of nitrogens with two attached hydrogens (primary N) is 1. The van der Waals surface area contributed by atoms with Gasteiger partial charge in [0, 0.05) is 6.42 Å². The minimum absolute atomic E-state index is 0.0808. The maximum absolute atomic E-state index is 12.4. The minimum Gasteiger partial charge on any atom is -0.463 e. The van der Waals surface area contributed by atoms with E-state index in [1.54, 1.807) is 6.92 Å². The second kappa shape index (κ2) is 11.1. The summed E-state index contributed by atoms with van der Waals surface area (Å²) in [5.74, 6) is -1.21. The van der Waals surface area contributed by atoms with E-state index in [1.807, 2.05) is 30.3 Å². The summed E-state index contributed by atoms with van der Waals surface area (Å²) in [6, 6.07) is 7.31. The zero-order valence-corrected chi connectivity index (χ0v) is 16.8. The molecule has 1 atom stereocenters. The fourth-order valence-corrected chi connectivity index (χ4v) is 3.56. The second-order valence-corrected chi connectivity index (χ2v) is 6.98. The van der Waals surface area contributed by atoms with Crippen molar-refractivity contribution >= 4 is 35.6 Å². The van der Waals surface area contributed by atoms with Crippen molar-refractivity contribution in [2.45, 2.75) is 19.4 Å². The Morgan fingerprint density at radius 1 is 1.28 bits per heavy atom. The minimum atomic E-state index is -0.951. The summed E-state index contributed by atoms with van der Waals surface area (Å²) in [5, 5.41) is 2.82. The molecular formula is C19H23N3O6S. The molecule has 1 saturated heterocycles. The summed E-state index contributed by atoms with van der Waals surface area (Å²) in [4.78, 5) is 48.6. The molecule has 156 valence electrons. The number of primary amides is 1. The van der Waals surface area contributed by atoms with Crippen LogP contribution in [0.25, 0.3) is 0 Å². The Morgan fingerprint density at radius 2 is 2.00 bits per heavy atom. The highest BCUT2D eigenvalue weighted by atomic mass is 32.2. The van der Waals surface area contributed by atoms with Crippen LogP contribution in [0.15, 0.2) is 41.4 Å². The van der Waals surface area contributed by atoms with E-state index in [0.717, 1.165) is 5.56 Å². The van der Waals surface area contributed by atoms with E-state index < -0.39 is 24.0 Å². The number of rotatable bonds is 9. The normalized spacial score (nSPS) is 15.8. The summed E-state index contributed by atoms with van der Waals surface area (Å²) in [7, 11) is 0. The van der Waals surface area contributed by atoms with E-state index in [-0.39, 0.29) is 37.8 Å². The highest BCUT2D eigenvalue weighted by Gasteiger charge is 2.28. The third-order valence-electron chi connectivity index (χ3n) is 3.88. The van der Waals surface area contributed by atoms with Crippen LogP contribution in [0.5, 0.6) is 0 Å². The van der Waals surface area contributed by atoms with Gasteiger partial charge in [-0.05, 0) is 12.5 Å². The molecule has 0 saturated carbocycles. The summed E-state index contributed by atoms with van der Waals surface area (Å²) in [6.07, 6.45) is 1.46. The number of carbonyl (C=O) groups is 4. The average Bonchev–Trinajstić information content (AvgIpc) is 3.01. The lowest BCUT2D eigenvalue weighted by Gasteiger charge is -2.19. The van der Waals surface area contributed by atoms with Gasteiger partial charge < -0.3 is 25.4 Å². The van der Waals surface area contributed by atoms with E-state index in [9.17, 15) is 19.2 Å². The third kappa shape index (κ3) is 7.15. The van der Waals surface area contributed by atoms with Gasteiger partial charge in [-0.15, -0.1) is 0 Å². The molecule has 29 heavy (non-hydrogen) atoms. The number of hydrogen-bond acceptors (Lipinski definition) is 7. The van der Waals surface area contributed by atoms with Crippen molar-refractivity contribution in [1.29, 1.82) is 0 Å². The van der Waals surface area contributed by atoms with Gasteiger partial charge in [-0.1, -0.05) is 42.1 Å². The molecule has 9 nitrogen and oxygen atoms in total. The molecule has 10 heteroatoms. The average molecular weight is 421 g/mol. The molecule has 0 aliphatic carbocycles. The van der Waals surface area contributed by atoms with Crippen LogP contribution in [-0.2, 0) is 30.3 Å². The van der Waals surface area contributed by atoms with Crippen molar-refractivity contribution in [2.75, 3.05) is 25.5 Å². The van der Waals surface area contributed by atoms with Crippen LogP contribution in [0.2, 0.25) is 0 Å². The molecule has 3 amide bonds. The Hall–Kier alpha value is -3.01. The number of esters is 2. The van der Waals surface area contributed by atoms with Crippen molar-refractivity contribution < 1.29 is 28.7 Å². The zero-order chi connectivity index (χ0) is 21.2. The Labute approximate surface area is 172 Å². The first-order valence-electron chi connectivity index (χ1n) is 8.98. The van der Waals surface area contributed by atoms with Gasteiger partial charge in [0.25, 0.3) is 0 Å². The Morgan fingerprint density at radius 3 is 2.66 bits per heavy atom. The summed E-state index contributed by atoms with van der Waals surface area (Å²) < 4.78 is 10.1. The molecule has 2 rings (SSSR count). The van der Waals surface area contributed by atoms with Crippen LogP contribution < -0.4 is 11.1 Å². The van der Waals surface area contributed by atoms with E-state index in [4.69, 9.17) is 15.2 Å². The van der Waals surface area contributed by atoms with Gasteiger partial charge in [0.1, 0.15) is 12.6 Å². The lowest BCUT2D eigenvalue weighted by atomic mass is 10.1. The predicted octanol–water partition coefficient (Wildman–Crippen LogP) is 0.789. The maximum atomic E-state index is 12.4. The van der Waals surface area contributed by atoms with E-state index in [1.165, 1.54) is 22.7 Å². The van der Waals surface area contributed by atoms with Crippen molar-refractivity contribution in [2.24, 2.45) is 5.73 Å². The van der Waals surface area contributed by atoms with Gasteiger partial charge in [-0.25, -0.2) is 14.4 Å². The van der Waals surface area contributed by atoms with Crippen molar-refractivity contribution in [3.05, 3.63) is 47.0 Å². The topological polar surface area (TPSA) is 128 Å². The Bertz CT molecular complexity index is 783. The molecule has 3 N–H and O–H groups in total. The Kier molecular flexibility index (Phi) is 8.53. The van der Waals surface area contributed by atoms with Crippen LogP contribution in [0.3, 0.4) is 0 Å². The number of benzene rings is 1. The zero-order valence-electron chi connectivity index (χ0n) is 16.0. The molecule has 1 heterocycles. The van der Waals surface area contributed by atoms with Crippen LogP contribution in [0.1, 0.15) is 12.5 Å². The van der Waals surface area contributed by atoms with Crippen LogP contribution in [0, 0.1) is 0 Å². The number of nitrogens with zero attached hydrogens (tertiary/aromatic N) is 1. The van der Waals surface area contributed by atoms with Gasteiger partial charge in [0.2, 0.25) is 5.91 Å². The van der Waals surface area contributed by atoms with E-state index >= 15 is 0 Å². The number of carbonyl (C=O) groups excluding carboxylic acids is 4. The number of urea groups is 1. The molecule has 0 unspecified atom stereocenters. The second-order valence-electron chi connectivity index (χ2n) is 5.99. The molecule has 1 aromatic carbocycles. The predicted molar refractivity (Wildman–Crippen MR) is 106 cm³/mol. The van der Waals surface area contributed by atoms with Gasteiger partial charge >= 0.3 is 18.0 Å². The van der Waals surface area contributed by atoms with Gasteiger partial charge in [0.15, 0.2) is 0 Å². The number of amides is 3. The smallest absolute Gasteiger partial charge is 0.333 e. The Balaban J connectivity index is 1.93. The number of hydrogen-bond donors (Lipinski definition) is 2.